The van der Waals surface area contributed by atoms with E-state index < -0.39 is 5.82 Å². The van der Waals surface area contributed by atoms with E-state index in [1.54, 1.807) is 23.2 Å². The summed E-state index contributed by atoms with van der Waals surface area (Å²) in [4.78, 5) is 29.8. The Morgan fingerprint density at radius 2 is 2.05 bits per heavy atom. The van der Waals surface area contributed by atoms with Crippen LogP contribution in [0.2, 0.25) is 5.02 Å². The molecule has 1 fully saturated rings. The zero-order chi connectivity index (χ0) is 28.9. The number of pyridine rings is 1. The molecule has 0 saturated carbocycles. The van der Waals surface area contributed by atoms with Crippen LogP contribution in [-0.2, 0) is 4.79 Å². The van der Waals surface area contributed by atoms with Crippen LogP contribution in [0, 0.1) is 17.7 Å². The minimum absolute atomic E-state index is 0.0415. The summed E-state index contributed by atoms with van der Waals surface area (Å²) in [5.74, 6) is 5.43. The Hall–Kier alpha value is -4.00. The highest BCUT2D eigenvalue weighted by molar-refractivity contribution is 6.36. The number of amides is 1. The number of halogens is 2. The number of nitrogens with zero attached hydrogens (tertiary/aromatic N) is 5. The monoisotopic (exact) mass is 574 g/mol. The van der Waals surface area contributed by atoms with Crippen molar-refractivity contribution in [2.45, 2.75) is 32.2 Å². The van der Waals surface area contributed by atoms with Crippen molar-refractivity contribution >= 4 is 45.0 Å². The molecule has 1 aliphatic rings. The lowest BCUT2D eigenvalue weighted by Gasteiger charge is -2.27. The molecule has 2 aromatic carbocycles. The quantitative estimate of drug-likeness (QED) is 0.232. The first-order chi connectivity index (χ1) is 19.9. The number of likely N-dealkylation sites (N-methyl/N-ethyl adjacent to an activating group) is 1. The highest BCUT2D eigenvalue weighted by atomic mass is 35.5. The SMILES string of the molecule is CCCNCCC#CC(=O)N1CCC(N(C)c2nc(OC)nc3c(F)c(-c4cccc5cccc(Cl)c45)ncc23)C1. The smallest absolute Gasteiger partial charge is 0.318 e. The van der Waals surface area contributed by atoms with Gasteiger partial charge in [0.05, 0.1) is 12.5 Å². The number of ether oxygens (including phenoxy) is 1. The fourth-order valence-corrected chi connectivity index (χ4v) is 5.43. The first-order valence-corrected chi connectivity index (χ1v) is 14.1. The van der Waals surface area contributed by atoms with E-state index in [0.717, 1.165) is 36.7 Å². The minimum atomic E-state index is -0.586. The van der Waals surface area contributed by atoms with E-state index in [4.69, 9.17) is 16.3 Å². The van der Waals surface area contributed by atoms with Gasteiger partial charge < -0.3 is 19.9 Å². The normalized spacial score (nSPS) is 14.8. The van der Waals surface area contributed by atoms with Gasteiger partial charge in [0.15, 0.2) is 5.82 Å². The van der Waals surface area contributed by atoms with E-state index in [1.807, 2.05) is 36.2 Å². The van der Waals surface area contributed by atoms with Crippen molar-refractivity contribution in [3.8, 4) is 29.1 Å². The van der Waals surface area contributed by atoms with E-state index in [2.05, 4.69) is 39.0 Å². The Morgan fingerprint density at radius 1 is 1.24 bits per heavy atom. The van der Waals surface area contributed by atoms with Crippen LogP contribution < -0.4 is 15.0 Å². The van der Waals surface area contributed by atoms with Gasteiger partial charge in [-0.3, -0.25) is 9.78 Å². The Labute approximate surface area is 243 Å². The number of rotatable bonds is 8. The number of hydrogen-bond donors (Lipinski definition) is 1. The van der Waals surface area contributed by atoms with Crippen molar-refractivity contribution in [3.05, 3.63) is 53.4 Å². The molecular weight excluding hydrogens is 543 g/mol. The zero-order valence-corrected chi connectivity index (χ0v) is 24.1. The number of aromatic nitrogens is 3. The molecule has 1 aliphatic heterocycles. The van der Waals surface area contributed by atoms with Crippen LogP contribution in [0.3, 0.4) is 0 Å². The van der Waals surface area contributed by atoms with E-state index in [-0.39, 0.29) is 29.2 Å². The molecule has 1 N–H and O–H groups in total. The topological polar surface area (TPSA) is 83.5 Å². The average molecular weight is 575 g/mol. The molecule has 1 atom stereocenters. The van der Waals surface area contributed by atoms with Gasteiger partial charge in [-0.15, -0.1) is 0 Å². The molecule has 0 bridgehead atoms. The standard InChI is InChI=1S/C31H32ClFN6O2/c1-4-15-34-16-6-5-13-25(40)39-17-14-21(19-39)38(2)30-23-18-35-28(27(33)29(23)36-31(37-30)41-3)22-11-7-9-20-10-8-12-24(32)26(20)22/h7-12,18,21,34H,4,6,14-17,19H2,1-3H3. The molecule has 212 valence electrons. The third-order valence-corrected chi connectivity index (χ3v) is 7.63. The number of benzene rings is 2. The van der Waals surface area contributed by atoms with Gasteiger partial charge in [-0.2, -0.15) is 9.97 Å². The van der Waals surface area contributed by atoms with Gasteiger partial charge in [-0.05, 0) is 36.8 Å². The Kier molecular flexibility index (Phi) is 8.81. The molecule has 0 radical (unpaired) electrons. The molecule has 1 unspecified atom stereocenters. The summed E-state index contributed by atoms with van der Waals surface area (Å²) in [6.45, 7) is 4.87. The summed E-state index contributed by atoms with van der Waals surface area (Å²) in [5, 5.41) is 5.84. The number of fused-ring (bicyclic) bond motifs is 2. The molecule has 41 heavy (non-hydrogen) atoms. The largest absolute Gasteiger partial charge is 0.467 e. The van der Waals surface area contributed by atoms with Crippen molar-refractivity contribution in [2.75, 3.05) is 45.2 Å². The summed E-state index contributed by atoms with van der Waals surface area (Å²) >= 11 is 6.52. The van der Waals surface area contributed by atoms with Crippen LogP contribution in [-0.4, -0.2) is 72.1 Å². The Balaban J connectivity index is 1.43. The maximum atomic E-state index is 16.2. The fraction of sp³-hybridized carbons (Fsp3) is 0.355. The number of hydrogen-bond acceptors (Lipinski definition) is 7. The highest BCUT2D eigenvalue weighted by Crippen LogP contribution is 2.37. The van der Waals surface area contributed by atoms with Gasteiger partial charge in [0, 0.05) is 61.3 Å². The van der Waals surface area contributed by atoms with Crippen molar-refractivity contribution in [2.24, 2.45) is 0 Å². The molecule has 8 nitrogen and oxygen atoms in total. The van der Waals surface area contributed by atoms with E-state index >= 15 is 4.39 Å². The molecule has 3 heterocycles. The lowest BCUT2D eigenvalue weighted by atomic mass is 10.0. The van der Waals surface area contributed by atoms with E-state index in [9.17, 15) is 4.79 Å². The second-order valence-electron chi connectivity index (χ2n) is 9.97. The number of likely N-dealkylation sites (tertiary alicyclic amines) is 1. The van der Waals surface area contributed by atoms with Crippen molar-refractivity contribution in [1.82, 2.24) is 25.2 Å². The Morgan fingerprint density at radius 3 is 2.83 bits per heavy atom. The first-order valence-electron chi connectivity index (χ1n) is 13.7. The summed E-state index contributed by atoms with van der Waals surface area (Å²) in [6, 6.07) is 11.1. The zero-order valence-electron chi connectivity index (χ0n) is 23.4. The lowest BCUT2D eigenvalue weighted by molar-refractivity contribution is -0.124. The van der Waals surface area contributed by atoms with Crippen LogP contribution in [0.5, 0.6) is 6.01 Å². The first kappa shape index (κ1) is 28.5. The molecule has 2 aromatic heterocycles. The predicted octanol–water partition coefficient (Wildman–Crippen LogP) is 5.08. The summed E-state index contributed by atoms with van der Waals surface area (Å²) < 4.78 is 21.6. The lowest BCUT2D eigenvalue weighted by Crippen LogP contribution is -2.36. The number of anilines is 1. The fourth-order valence-electron chi connectivity index (χ4n) is 5.15. The molecule has 0 spiro atoms. The van der Waals surface area contributed by atoms with E-state index in [0.29, 0.717) is 41.3 Å². The molecular formula is C31H32ClFN6O2. The number of carbonyl (C=O) groups is 1. The molecule has 5 rings (SSSR count). The van der Waals surface area contributed by atoms with E-state index in [1.165, 1.54) is 7.11 Å². The predicted molar refractivity (Wildman–Crippen MR) is 161 cm³/mol. The third-order valence-electron chi connectivity index (χ3n) is 7.32. The van der Waals surface area contributed by atoms with Crippen LogP contribution >= 0.6 is 11.6 Å². The summed E-state index contributed by atoms with van der Waals surface area (Å²) in [5.41, 5.74) is 0.820. The number of nitrogens with one attached hydrogen (secondary N) is 1. The average Bonchev–Trinajstić information content (AvgIpc) is 3.49. The van der Waals surface area contributed by atoms with Gasteiger partial charge in [0.25, 0.3) is 5.91 Å². The maximum absolute atomic E-state index is 16.2. The molecule has 1 amide bonds. The second kappa shape index (κ2) is 12.7. The minimum Gasteiger partial charge on any atom is -0.467 e. The molecule has 10 heteroatoms. The molecule has 1 saturated heterocycles. The highest BCUT2D eigenvalue weighted by Gasteiger charge is 2.31. The van der Waals surface area contributed by atoms with Crippen LogP contribution in [0.4, 0.5) is 10.2 Å². The van der Waals surface area contributed by atoms with Gasteiger partial charge >= 0.3 is 6.01 Å². The number of methoxy groups -OCH3 is 1. The molecule has 0 aliphatic carbocycles. The second-order valence-corrected chi connectivity index (χ2v) is 10.4. The van der Waals surface area contributed by atoms with Crippen molar-refractivity contribution in [3.63, 3.8) is 0 Å². The summed E-state index contributed by atoms with van der Waals surface area (Å²) in [7, 11) is 3.32. The van der Waals surface area contributed by atoms with Gasteiger partial charge in [-0.1, -0.05) is 54.8 Å². The van der Waals surface area contributed by atoms with Crippen LogP contribution in [0.25, 0.3) is 32.9 Å². The van der Waals surface area contributed by atoms with Gasteiger partial charge in [0.1, 0.15) is 17.0 Å². The van der Waals surface area contributed by atoms with Crippen molar-refractivity contribution < 1.29 is 13.9 Å². The van der Waals surface area contributed by atoms with Crippen LogP contribution in [0.1, 0.15) is 26.2 Å². The van der Waals surface area contributed by atoms with Crippen LogP contribution in [0.15, 0.2) is 42.6 Å². The van der Waals surface area contributed by atoms with Gasteiger partial charge in [0.2, 0.25) is 0 Å². The third kappa shape index (κ3) is 5.90. The number of carbonyl (C=O) groups excluding carboxylic acids is 1. The maximum Gasteiger partial charge on any atom is 0.318 e. The molecule has 4 aromatic rings. The van der Waals surface area contributed by atoms with Crippen molar-refractivity contribution in [1.29, 1.82) is 0 Å². The Bertz CT molecular complexity index is 1650. The summed E-state index contributed by atoms with van der Waals surface area (Å²) in [6.07, 6.45) is 4.00. The van der Waals surface area contributed by atoms with Gasteiger partial charge in [-0.25, -0.2) is 4.39 Å².